The summed E-state index contributed by atoms with van der Waals surface area (Å²) in [6.07, 6.45) is 5.26. The van der Waals surface area contributed by atoms with Crippen LogP contribution in [-0.4, -0.2) is 18.1 Å². The van der Waals surface area contributed by atoms with Gasteiger partial charge in [0.2, 0.25) is 0 Å². The van der Waals surface area contributed by atoms with Crippen molar-refractivity contribution in [2.24, 2.45) is 0 Å². The van der Waals surface area contributed by atoms with Crippen LogP contribution in [0.3, 0.4) is 0 Å². The molecular formula is C13H16N2O2. The van der Waals surface area contributed by atoms with Crippen molar-refractivity contribution in [3.05, 3.63) is 24.3 Å². The molecule has 0 aliphatic rings. The fourth-order valence-corrected chi connectivity index (χ4v) is 1.17. The summed E-state index contributed by atoms with van der Waals surface area (Å²) >= 11 is 0. The number of anilines is 1. The fourth-order valence-electron chi connectivity index (χ4n) is 1.17. The lowest BCUT2D eigenvalue weighted by molar-refractivity contribution is -0.124. The van der Waals surface area contributed by atoms with E-state index in [1.807, 2.05) is 0 Å². The first-order valence-electron chi connectivity index (χ1n) is 5.20. The summed E-state index contributed by atoms with van der Waals surface area (Å²) in [5.74, 6) is 2.76. The van der Waals surface area contributed by atoms with Crippen LogP contribution in [0.15, 0.2) is 24.3 Å². The fraction of sp³-hybridized carbons (Fsp3) is 0.308. The molecule has 0 fully saturated rings. The van der Waals surface area contributed by atoms with E-state index in [-0.39, 0.29) is 12.5 Å². The molecule has 90 valence electrons. The van der Waals surface area contributed by atoms with Crippen molar-refractivity contribution in [3.8, 4) is 18.1 Å². The first-order valence-corrected chi connectivity index (χ1v) is 5.20. The highest BCUT2D eigenvalue weighted by Gasteiger charge is 2.16. The van der Waals surface area contributed by atoms with E-state index in [0.29, 0.717) is 11.4 Å². The normalized spacial score (nSPS) is 10.4. The van der Waals surface area contributed by atoms with E-state index in [9.17, 15) is 4.79 Å². The Morgan fingerprint density at radius 3 is 2.88 bits per heavy atom. The third-order valence-corrected chi connectivity index (χ3v) is 2.04. The highest BCUT2D eigenvalue weighted by molar-refractivity contribution is 5.78. The number of benzene rings is 1. The minimum Gasteiger partial charge on any atom is -0.484 e. The summed E-state index contributed by atoms with van der Waals surface area (Å²) in [5, 5.41) is 2.66. The standard InChI is InChI=1S/C13H16N2O2/c1-4-13(2,3)15-12(16)9-17-11-7-5-6-10(14)8-11/h1,5-8H,9,14H2,2-3H3,(H,15,16). The van der Waals surface area contributed by atoms with Gasteiger partial charge in [-0.25, -0.2) is 0 Å². The monoisotopic (exact) mass is 232 g/mol. The predicted octanol–water partition coefficient (Wildman–Crippen LogP) is 1.18. The second-order valence-electron chi connectivity index (χ2n) is 4.18. The predicted molar refractivity (Wildman–Crippen MR) is 67.4 cm³/mol. The lowest BCUT2D eigenvalue weighted by Gasteiger charge is -2.19. The number of rotatable bonds is 4. The summed E-state index contributed by atoms with van der Waals surface area (Å²) in [4.78, 5) is 11.5. The van der Waals surface area contributed by atoms with Crippen LogP contribution < -0.4 is 15.8 Å². The minimum absolute atomic E-state index is 0.0887. The number of carbonyl (C=O) groups excluding carboxylic acids is 1. The molecule has 1 amide bonds. The summed E-state index contributed by atoms with van der Waals surface area (Å²) < 4.78 is 5.28. The molecule has 4 heteroatoms. The quantitative estimate of drug-likeness (QED) is 0.605. The number of amides is 1. The van der Waals surface area contributed by atoms with E-state index in [2.05, 4.69) is 11.2 Å². The molecule has 0 aliphatic heterocycles. The van der Waals surface area contributed by atoms with Crippen LogP contribution in [-0.2, 0) is 4.79 Å². The van der Waals surface area contributed by atoms with Gasteiger partial charge >= 0.3 is 0 Å². The molecular weight excluding hydrogens is 216 g/mol. The average molecular weight is 232 g/mol. The third kappa shape index (κ3) is 4.47. The summed E-state index contributed by atoms with van der Waals surface area (Å²) in [5.41, 5.74) is 5.50. The largest absolute Gasteiger partial charge is 0.484 e. The smallest absolute Gasteiger partial charge is 0.259 e. The van der Waals surface area contributed by atoms with Gasteiger partial charge in [-0.05, 0) is 26.0 Å². The number of nitrogen functional groups attached to an aromatic ring is 1. The number of ether oxygens (including phenoxy) is 1. The second kappa shape index (κ2) is 5.26. The van der Waals surface area contributed by atoms with E-state index in [1.165, 1.54) is 0 Å². The van der Waals surface area contributed by atoms with Gasteiger partial charge < -0.3 is 15.8 Å². The maximum Gasteiger partial charge on any atom is 0.259 e. The Morgan fingerprint density at radius 1 is 1.59 bits per heavy atom. The number of carbonyl (C=O) groups is 1. The molecule has 4 nitrogen and oxygen atoms in total. The van der Waals surface area contributed by atoms with Crippen LogP contribution in [0, 0.1) is 12.3 Å². The van der Waals surface area contributed by atoms with Gasteiger partial charge in [0.15, 0.2) is 6.61 Å². The van der Waals surface area contributed by atoms with Crippen molar-refractivity contribution < 1.29 is 9.53 Å². The van der Waals surface area contributed by atoms with Crippen molar-refractivity contribution in [1.82, 2.24) is 5.32 Å². The number of nitrogens with two attached hydrogens (primary N) is 1. The Labute approximate surface area is 101 Å². The van der Waals surface area contributed by atoms with Gasteiger partial charge in [-0.2, -0.15) is 0 Å². The third-order valence-electron chi connectivity index (χ3n) is 2.04. The van der Waals surface area contributed by atoms with Gasteiger partial charge in [-0.1, -0.05) is 12.0 Å². The van der Waals surface area contributed by atoms with Crippen molar-refractivity contribution >= 4 is 11.6 Å². The highest BCUT2D eigenvalue weighted by Crippen LogP contribution is 2.14. The van der Waals surface area contributed by atoms with Gasteiger partial charge in [0.05, 0.1) is 5.54 Å². The molecule has 0 bridgehead atoms. The zero-order valence-electron chi connectivity index (χ0n) is 9.99. The van der Waals surface area contributed by atoms with Gasteiger partial charge in [0.1, 0.15) is 5.75 Å². The summed E-state index contributed by atoms with van der Waals surface area (Å²) in [6, 6.07) is 6.89. The van der Waals surface area contributed by atoms with E-state index in [4.69, 9.17) is 16.9 Å². The van der Waals surface area contributed by atoms with E-state index in [1.54, 1.807) is 38.1 Å². The van der Waals surface area contributed by atoms with Crippen LogP contribution in [0.25, 0.3) is 0 Å². The van der Waals surface area contributed by atoms with Crippen molar-refractivity contribution in [2.45, 2.75) is 19.4 Å². The number of nitrogens with one attached hydrogen (secondary N) is 1. The number of hydrogen-bond donors (Lipinski definition) is 2. The lowest BCUT2D eigenvalue weighted by atomic mass is 10.1. The van der Waals surface area contributed by atoms with Crippen LogP contribution in [0.4, 0.5) is 5.69 Å². The molecule has 0 spiro atoms. The molecule has 0 saturated carbocycles. The highest BCUT2D eigenvalue weighted by atomic mass is 16.5. The van der Waals surface area contributed by atoms with Crippen LogP contribution >= 0.6 is 0 Å². The molecule has 1 aromatic carbocycles. The molecule has 1 rings (SSSR count). The Hall–Kier alpha value is -2.15. The first kappa shape index (κ1) is 12.9. The van der Waals surface area contributed by atoms with Crippen molar-refractivity contribution in [1.29, 1.82) is 0 Å². The molecule has 0 heterocycles. The molecule has 0 atom stereocenters. The zero-order valence-corrected chi connectivity index (χ0v) is 9.99. The first-order chi connectivity index (χ1) is 7.93. The Morgan fingerprint density at radius 2 is 2.29 bits per heavy atom. The van der Waals surface area contributed by atoms with E-state index < -0.39 is 5.54 Å². The van der Waals surface area contributed by atoms with Gasteiger partial charge in [0.25, 0.3) is 5.91 Å². The topological polar surface area (TPSA) is 64.3 Å². The Balaban J connectivity index is 2.47. The average Bonchev–Trinajstić information content (AvgIpc) is 2.26. The van der Waals surface area contributed by atoms with E-state index >= 15 is 0 Å². The van der Waals surface area contributed by atoms with Crippen molar-refractivity contribution in [3.63, 3.8) is 0 Å². The lowest BCUT2D eigenvalue weighted by Crippen LogP contribution is -2.44. The molecule has 1 aromatic rings. The Bertz CT molecular complexity index is 447. The summed E-state index contributed by atoms with van der Waals surface area (Å²) in [7, 11) is 0. The molecule has 0 radical (unpaired) electrons. The molecule has 3 N–H and O–H groups in total. The molecule has 17 heavy (non-hydrogen) atoms. The molecule has 0 aliphatic carbocycles. The van der Waals surface area contributed by atoms with E-state index in [0.717, 1.165) is 0 Å². The number of terminal acetylenes is 1. The molecule has 0 aromatic heterocycles. The SMILES string of the molecule is C#CC(C)(C)NC(=O)COc1cccc(N)c1. The van der Waals surface area contributed by atoms with Crippen LogP contribution in [0.5, 0.6) is 5.75 Å². The maximum atomic E-state index is 11.5. The zero-order chi connectivity index (χ0) is 12.9. The van der Waals surface area contributed by atoms with Crippen LogP contribution in [0.2, 0.25) is 0 Å². The molecule has 0 unspecified atom stereocenters. The minimum atomic E-state index is -0.670. The Kier molecular flexibility index (Phi) is 4.00. The van der Waals surface area contributed by atoms with Gasteiger partial charge in [0, 0.05) is 11.8 Å². The molecule has 0 saturated heterocycles. The van der Waals surface area contributed by atoms with Gasteiger partial charge in [-0.15, -0.1) is 6.42 Å². The summed E-state index contributed by atoms with van der Waals surface area (Å²) in [6.45, 7) is 3.39. The van der Waals surface area contributed by atoms with Crippen molar-refractivity contribution in [2.75, 3.05) is 12.3 Å². The number of hydrogen-bond acceptors (Lipinski definition) is 3. The second-order valence-corrected chi connectivity index (χ2v) is 4.18. The maximum absolute atomic E-state index is 11.5. The van der Waals surface area contributed by atoms with Gasteiger partial charge in [-0.3, -0.25) is 4.79 Å². The van der Waals surface area contributed by atoms with Crippen LogP contribution in [0.1, 0.15) is 13.8 Å².